The van der Waals surface area contributed by atoms with E-state index in [2.05, 4.69) is 20.9 Å². The molecule has 1 aromatic heterocycles. The molecule has 0 unspecified atom stereocenters. The Bertz CT molecular complexity index is 650. The van der Waals surface area contributed by atoms with Crippen LogP contribution in [-0.4, -0.2) is 29.1 Å². The molecule has 0 atom stereocenters. The van der Waals surface area contributed by atoms with Gasteiger partial charge in [0.1, 0.15) is 0 Å². The van der Waals surface area contributed by atoms with Crippen molar-refractivity contribution in [1.82, 2.24) is 9.55 Å². The number of rotatable bonds is 3. The summed E-state index contributed by atoms with van der Waals surface area (Å²) in [5, 5.41) is 0.616. The molecule has 3 rings (SSSR count). The smallest absolute Gasteiger partial charge is 0.261 e. The summed E-state index contributed by atoms with van der Waals surface area (Å²) in [7, 11) is 0. The second kappa shape index (κ2) is 5.40. The third-order valence-electron chi connectivity index (χ3n) is 3.08. The second-order valence-electron chi connectivity index (χ2n) is 4.36. The second-order valence-corrected chi connectivity index (χ2v) is 5.28. The Labute approximate surface area is 118 Å². The van der Waals surface area contributed by atoms with Crippen molar-refractivity contribution in [3.05, 3.63) is 39.4 Å². The Balaban J connectivity index is 1.87. The van der Waals surface area contributed by atoms with E-state index in [-0.39, 0.29) is 11.8 Å². The highest BCUT2D eigenvalue weighted by atomic mass is 79.9. The molecule has 0 bridgehead atoms. The van der Waals surface area contributed by atoms with E-state index < -0.39 is 0 Å². The molecular formula is C13H13BrN2O3. The molecule has 1 saturated heterocycles. The van der Waals surface area contributed by atoms with Gasteiger partial charge in [0.2, 0.25) is 0 Å². The number of hydrogen-bond donors (Lipinski definition) is 0. The predicted octanol–water partition coefficient (Wildman–Crippen LogP) is 1.92. The van der Waals surface area contributed by atoms with Crippen molar-refractivity contribution in [1.29, 1.82) is 0 Å². The minimum atomic E-state index is -0.204. The number of hydrogen-bond acceptors (Lipinski definition) is 4. The Morgan fingerprint density at radius 1 is 1.37 bits per heavy atom. The molecular weight excluding hydrogens is 312 g/mol. The minimum absolute atomic E-state index is 0.0377. The van der Waals surface area contributed by atoms with E-state index in [1.54, 1.807) is 17.0 Å². The standard InChI is InChI=1S/C13H13BrN2O3/c14-9-1-2-11-10(7-9)13(17)16(8-15-11)4-3-12-18-5-6-19-12/h1-2,7-8,12H,3-6H2. The zero-order valence-corrected chi connectivity index (χ0v) is 11.8. The maximum atomic E-state index is 12.3. The van der Waals surface area contributed by atoms with Gasteiger partial charge in [-0.05, 0) is 18.2 Å². The number of fused-ring (bicyclic) bond motifs is 1. The van der Waals surface area contributed by atoms with Crippen LogP contribution in [0.3, 0.4) is 0 Å². The number of aryl methyl sites for hydroxylation is 1. The van der Waals surface area contributed by atoms with Gasteiger partial charge in [0.15, 0.2) is 6.29 Å². The number of nitrogens with zero attached hydrogens (tertiary/aromatic N) is 2. The number of aromatic nitrogens is 2. The molecule has 2 aromatic rings. The third-order valence-corrected chi connectivity index (χ3v) is 3.58. The minimum Gasteiger partial charge on any atom is -0.350 e. The predicted molar refractivity (Wildman–Crippen MR) is 74.0 cm³/mol. The lowest BCUT2D eigenvalue weighted by Gasteiger charge is -2.10. The Kier molecular flexibility index (Phi) is 3.63. The number of benzene rings is 1. The highest BCUT2D eigenvalue weighted by Gasteiger charge is 2.16. The summed E-state index contributed by atoms with van der Waals surface area (Å²) in [4.78, 5) is 16.6. The topological polar surface area (TPSA) is 53.4 Å². The van der Waals surface area contributed by atoms with Crippen molar-refractivity contribution in [3.8, 4) is 0 Å². The van der Waals surface area contributed by atoms with Crippen LogP contribution in [0.15, 0.2) is 33.8 Å². The first-order chi connectivity index (χ1) is 9.24. The maximum absolute atomic E-state index is 12.3. The summed E-state index contributed by atoms with van der Waals surface area (Å²) in [5.74, 6) is 0. The average Bonchev–Trinajstić information content (AvgIpc) is 2.92. The first-order valence-corrected chi connectivity index (χ1v) is 6.91. The third kappa shape index (κ3) is 2.70. The summed E-state index contributed by atoms with van der Waals surface area (Å²) in [5.41, 5.74) is 0.669. The Hall–Kier alpha value is -1.24. The van der Waals surface area contributed by atoms with Crippen molar-refractivity contribution >= 4 is 26.8 Å². The Morgan fingerprint density at radius 3 is 2.95 bits per heavy atom. The first kappa shape index (κ1) is 12.8. The van der Waals surface area contributed by atoms with Gasteiger partial charge in [0, 0.05) is 17.4 Å². The highest BCUT2D eigenvalue weighted by molar-refractivity contribution is 9.10. The van der Waals surface area contributed by atoms with Crippen molar-refractivity contribution in [3.63, 3.8) is 0 Å². The fourth-order valence-electron chi connectivity index (χ4n) is 2.11. The van der Waals surface area contributed by atoms with E-state index in [0.29, 0.717) is 37.1 Å². The number of halogens is 1. The lowest BCUT2D eigenvalue weighted by molar-refractivity contribution is -0.0492. The van der Waals surface area contributed by atoms with E-state index >= 15 is 0 Å². The molecule has 0 aliphatic carbocycles. The monoisotopic (exact) mass is 324 g/mol. The molecule has 0 spiro atoms. The van der Waals surface area contributed by atoms with E-state index in [1.807, 2.05) is 12.1 Å². The van der Waals surface area contributed by atoms with Crippen LogP contribution in [-0.2, 0) is 16.0 Å². The van der Waals surface area contributed by atoms with Crippen molar-refractivity contribution in [2.45, 2.75) is 19.3 Å². The van der Waals surface area contributed by atoms with Crippen LogP contribution >= 0.6 is 15.9 Å². The van der Waals surface area contributed by atoms with Gasteiger partial charge in [-0.1, -0.05) is 15.9 Å². The SMILES string of the molecule is O=c1c2cc(Br)ccc2ncn1CCC1OCCO1. The molecule has 6 heteroatoms. The van der Waals surface area contributed by atoms with Gasteiger partial charge >= 0.3 is 0 Å². The summed E-state index contributed by atoms with van der Waals surface area (Å²) >= 11 is 3.37. The van der Waals surface area contributed by atoms with Gasteiger partial charge in [0.05, 0.1) is 30.4 Å². The van der Waals surface area contributed by atoms with Crippen LogP contribution in [0, 0.1) is 0 Å². The molecule has 1 aliphatic rings. The van der Waals surface area contributed by atoms with E-state index in [0.717, 1.165) is 4.47 Å². The molecule has 100 valence electrons. The fraction of sp³-hybridized carbons (Fsp3) is 0.385. The molecule has 0 saturated carbocycles. The van der Waals surface area contributed by atoms with E-state index in [1.165, 1.54) is 0 Å². The van der Waals surface area contributed by atoms with E-state index in [4.69, 9.17) is 9.47 Å². The highest BCUT2D eigenvalue weighted by Crippen LogP contribution is 2.15. The normalized spacial score (nSPS) is 16.3. The van der Waals surface area contributed by atoms with Gasteiger partial charge in [-0.3, -0.25) is 9.36 Å². The zero-order valence-electron chi connectivity index (χ0n) is 10.2. The van der Waals surface area contributed by atoms with Crippen LogP contribution in [0.25, 0.3) is 10.9 Å². The fourth-order valence-corrected chi connectivity index (χ4v) is 2.47. The molecule has 19 heavy (non-hydrogen) atoms. The van der Waals surface area contributed by atoms with Crippen LogP contribution < -0.4 is 5.56 Å². The molecule has 0 radical (unpaired) electrons. The quantitative estimate of drug-likeness (QED) is 0.865. The van der Waals surface area contributed by atoms with Crippen molar-refractivity contribution < 1.29 is 9.47 Å². The summed E-state index contributed by atoms with van der Waals surface area (Å²) < 4.78 is 13.2. The van der Waals surface area contributed by atoms with Crippen LogP contribution in [0.4, 0.5) is 0 Å². The lowest BCUT2D eigenvalue weighted by atomic mass is 10.2. The van der Waals surface area contributed by atoms with Crippen molar-refractivity contribution in [2.24, 2.45) is 0 Å². The summed E-state index contributed by atoms with van der Waals surface area (Å²) in [6.07, 6.45) is 2.03. The average molecular weight is 325 g/mol. The van der Waals surface area contributed by atoms with Gasteiger partial charge in [-0.15, -0.1) is 0 Å². The molecule has 1 fully saturated rings. The molecule has 2 heterocycles. The van der Waals surface area contributed by atoms with Gasteiger partial charge < -0.3 is 9.47 Å². The lowest BCUT2D eigenvalue weighted by Crippen LogP contribution is -2.23. The molecule has 1 aliphatic heterocycles. The van der Waals surface area contributed by atoms with Crippen LogP contribution in [0.5, 0.6) is 0 Å². The maximum Gasteiger partial charge on any atom is 0.261 e. The largest absolute Gasteiger partial charge is 0.350 e. The van der Waals surface area contributed by atoms with E-state index in [9.17, 15) is 4.79 Å². The first-order valence-electron chi connectivity index (χ1n) is 6.12. The number of ether oxygens (including phenoxy) is 2. The molecule has 5 nitrogen and oxygen atoms in total. The summed E-state index contributed by atoms with van der Waals surface area (Å²) in [6.45, 7) is 1.80. The zero-order chi connectivity index (χ0) is 13.2. The summed E-state index contributed by atoms with van der Waals surface area (Å²) in [6, 6.07) is 5.50. The van der Waals surface area contributed by atoms with Crippen LogP contribution in [0.1, 0.15) is 6.42 Å². The van der Waals surface area contributed by atoms with Crippen LogP contribution in [0.2, 0.25) is 0 Å². The molecule has 1 aromatic carbocycles. The van der Waals surface area contributed by atoms with Gasteiger partial charge in [0.25, 0.3) is 5.56 Å². The van der Waals surface area contributed by atoms with Gasteiger partial charge in [-0.25, -0.2) is 4.98 Å². The van der Waals surface area contributed by atoms with Crippen molar-refractivity contribution in [2.75, 3.05) is 13.2 Å². The Morgan fingerprint density at radius 2 is 2.16 bits per heavy atom. The molecule has 0 amide bonds. The van der Waals surface area contributed by atoms with Gasteiger partial charge in [-0.2, -0.15) is 0 Å². The molecule has 0 N–H and O–H groups in total.